The summed E-state index contributed by atoms with van der Waals surface area (Å²) < 4.78 is 11.1. The third-order valence-corrected chi connectivity index (χ3v) is 4.13. The molecule has 1 aliphatic heterocycles. The highest BCUT2D eigenvalue weighted by Crippen LogP contribution is 2.22. The fourth-order valence-electron chi connectivity index (χ4n) is 2.52. The van der Waals surface area contributed by atoms with E-state index in [9.17, 15) is 4.79 Å². The Hall–Kier alpha value is -2.15. The molecule has 0 radical (unpaired) electrons. The highest BCUT2D eigenvalue weighted by Gasteiger charge is 2.30. The Morgan fingerprint density at radius 2 is 2.08 bits per heavy atom. The van der Waals surface area contributed by atoms with E-state index in [-0.39, 0.29) is 5.91 Å². The van der Waals surface area contributed by atoms with Gasteiger partial charge in [0, 0.05) is 29.9 Å². The number of rotatable bonds is 6. The zero-order chi connectivity index (χ0) is 17.7. The monoisotopic (exact) mass is 361 g/mol. The first kappa shape index (κ1) is 17.7. The predicted octanol–water partition coefficient (Wildman–Crippen LogP) is 3.55. The predicted molar refractivity (Wildman–Crippen MR) is 97.1 cm³/mol. The first-order valence-electron chi connectivity index (χ1n) is 8.09. The summed E-state index contributed by atoms with van der Waals surface area (Å²) in [6.45, 7) is 3.85. The Labute approximate surface area is 151 Å². The molecule has 132 valence electrons. The molecule has 1 amide bonds. The zero-order valence-corrected chi connectivity index (χ0v) is 14.7. The van der Waals surface area contributed by atoms with Crippen molar-refractivity contribution in [2.24, 2.45) is 0 Å². The number of amides is 1. The van der Waals surface area contributed by atoms with E-state index in [1.165, 1.54) is 6.20 Å². The largest absolute Gasteiger partial charge is 0.370 e. The molecule has 0 atom stereocenters. The molecule has 2 heterocycles. The van der Waals surface area contributed by atoms with Crippen molar-refractivity contribution >= 4 is 29.0 Å². The number of hydrogen-bond acceptors (Lipinski definition) is 5. The SMILES string of the molecule is CC1(CCNc2ccc(C(=O)Nc3cccc(Cl)c3)cn2)OCCO1. The molecule has 1 saturated heterocycles. The van der Waals surface area contributed by atoms with Gasteiger partial charge < -0.3 is 20.1 Å². The van der Waals surface area contributed by atoms with E-state index in [4.69, 9.17) is 21.1 Å². The number of halogens is 1. The van der Waals surface area contributed by atoms with Crippen molar-refractivity contribution in [1.29, 1.82) is 0 Å². The summed E-state index contributed by atoms with van der Waals surface area (Å²) in [4.78, 5) is 16.5. The molecule has 3 rings (SSSR count). The van der Waals surface area contributed by atoms with Crippen LogP contribution in [0.1, 0.15) is 23.7 Å². The van der Waals surface area contributed by atoms with Crippen molar-refractivity contribution in [3.63, 3.8) is 0 Å². The molecule has 0 aliphatic carbocycles. The Bertz CT molecular complexity index is 731. The van der Waals surface area contributed by atoms with Gasteiger partial charge in [0.2, 0.25) is 0 Å². The minimum Gasteiger partial charge on any atom is -0.370 e. The molecule has 1 aromatic heterocycles. The Kier molecular flexibility index (Phi) is 5.53. The molecular weight excluding hydrogens is 342 g/mol. The van der Waals surface area contributed by atoms with Crippen molar-refractivity contribution in [2.45, 2.75) is 19.1 Å². The van der Waals surface area contributed by atoms with E-state index >= 15 is 0 Å². The molecule has 6 nitrogen and oxygen atoms in total. The lowest BCUT2D eigenvalue weighted by molar-refractivity contribution is -0.144. The number of carbonyl (C=O) groups is 1. The maximum absolute atomic E-state index is 12.2. The van der Waals surface area contributed by atoms with E-state index in [0.717, 1.165) is 0 Å². The summed E-state index contributed by atoms with van der Waals surface area (Å²) in [6, 6.07) is 10.5. The molecule has 0 saturated carbocycles. The zero-order valence-electron chi connectivity index (χ0n) is 13.9. The minimum absolute atomic E-state index is 0.235. The van der Waals surface area contributed by atoms with Crippen LogP contribution in [0, 0.1) is 0 Å². The second-order valence-corrected chi connectivity index (χ2v) is 6.34. The van der Waals surface area contributed by atoms with Gasteiger partial charge in [0.1, 0.15) is 5.82 Å². The van der Waals surface area contributed by atoms with Crippen LogP contribution in [0.3, 0.4) is 0 Å². The number of aromatic nitrogens is 1. The van der Waals surface area contributed by atoms with Gasteiger partial charge in [0.25, 0.3) is 5.91 Å². The summed E-state index contributed by atoms with van der Waals surface area (Å²) in [6.07, 6.45) is 2.25. The van der Waals surface area contributed by atoms with Gasteiger partial charge in [-0.1, -0.05) is 17.7 Å². The van der Waals surface area contributed by atoms with E-state index in [1.54, 1.807) is 36.4 Å². The summed E-state index contributed by atoms with van der Waals surface area (Å²) in [7, 11) is 0. The Balaban J connectivity index is 1.52. The molecule has 1 aromatic carbocycles. The average molecular weight is 362 g/mol. The van der Waals surface area contributed by atoms with Gasteiger partial charge in [-0.3, -0.25) is 4.79 Å². The van der Waals surface area contributed by atoms with Crippen LogP contribution in [0.25, 0.3) is 0 Å². The summed E-state index contributed by atoms with van der Waals surface area (Å²) >= 11 is 5.91. The average Bonchev–Trinajstić information content (AvgIpc) is 3.02. The fourth-order valence-corrected chi connectivity index (χ4v) is 2.71. The first-order chi connectivity index (χ1) is 12.0. The lowest BCUT2D eigenvalue weighted by atomic mass is 10.2. The summed E-state index contributed by atoms with van der Waals surface area (Å²) in [5.41, 5.74) is 1.12. The Morgan fingerprint density at radius 3 is 2.76 bits per heavy atom. The van der Waals surface area contributed by atoms with E-state index in [2.05, 4.69) is 15.6 Å². The number of carbonyl (C=O) groups excluding carboxylic acids is 1. The summed E-state index contributed by atoms with van der Waals surface area (Å²) in [5.74, 6) is -0.0634. The number of nitrogens with zero attached hydrogens (tertiary/aromatic N) is 1. The van der Waals surface area contributed by atoms with Gasteiger partial charge in [-0.25, -0.2) is 4.98 Å². The highest BCUT2D eigenvalue weighted by molar-refractivity contribution is 6.30. The maximum Gasteiger partial charge on any atom is 0.257 e. The second-order valence-electron chi connectivity index (χ2n) is 5.90. The molecule has 25 heavy (non-hydrogen) atoms. The number of benzene rings is 1. The quantitative estimate of drug-likeness (QED) is 0.823. The molecule has 0 spiro atoms. The number of nitrogens with one attached hydrogen (secondary N) is 2. The van der Waals surface area contributed by atoms with Gasteiger partial charge in [-0.05, 0) is 37.3 Å². The topological polar surface area (TPSA) is 72.5 Å². The van der Waals surface area contributed by atoms with Crippen LogP contribution in [-0.4, -0.2) is 36.4 Å². The van der Waals surface area contributed by atoms with Crippen LogP contribution < -0.4 is 10.6 Å². The van der Waals surface area contributed by atoms with Crippen molar-refractivity contribution < 1.29 is 14.3 Å². The van der Waals surface area contributed by atoms with Gasteiger partial charge in [0.05, 0.1) is 18.8 Å². The lowest BCUT2D eigenvalue weighted by Gasteiger charge is -2.22. The summed E-state index contributed by atoms with van der Waals surface area (Å²) in [5, 5.41) is 6.56. The third-order valence-electron chi connectivity index (χ3n) is 3.89. The number of anilines is 2. The van der Waals surface area contributed by atoms with Crippen LogP contribution in [0.2, 0.25) is 5.02 Å². The van der Waals surface area contributed by atoms with Crippen LogP contribution >= 0.6 is 11.6 Å². The molecule has 0 unspecified atom stereocenters. The van der Waals surface area contributed by atoms with Crippen molar-refractivity contribution in [2.75, 3.05) is 30.4 Å². The van der Waals surface area contributed by atoms with Crippen LogP contribution in [-0.2, 0) is 9.47 Å². The molecule has 7 heteroatoms. The van der Waals surface area contributed by atoms with Crippen molar-refractivity contribution in [3.8, 4) is 0 Å². The molecular formula is C18H20ClN3O3. The van der Waals surface area contributed by atoms with Crippen LogP contribution in [0.4, 0.5) is 11.5 Å². The van der Waals surface area contributed by atoms with E-state index < -0.39 is 5.79 Å². The van der Waals surface area contributed by atoms with Gasteiger partial charge >= 0.3 is 0 Å². The number of ether oxygens (including phenoxy) is 2. The van der Waals surface area contributed by atoms with Crippen LogP contribution in [0.5, 0.6) is 0 Å². The van der Waals surface area contributed by atoms with Crippen molar-refractivity contribution in [1.82, 2.24) is 4.98 Å². The molecule has 1 aliphatic rings. The highest BCUT2D eigenvalue weighted by atomic mass is 35.5. The van der Waals surface area contributed by atoms with Crippen LogP contribution in [0.15, 0.2) is 42.6 Å². The standard InChI is InChI=1S/C18H20ClN3O3/c1-18(24-9-10-25-18)7-8-20-16-6-5-13(12-21-16)17(23)22-15-4-2-3-14(19)11-15/h2-6,11-12H,7-10H2,1H3,(H,20,21)(H,22,23). The molecule has 0 bridgehead atoms. The normalized spacial score (nSPS) is 15.8. The fraction of sp³-hybridized carbons (Fsp3) is 0.333. The Morgan fingerprint density at radius 1 is 1.28 bits per heavy atom. The lowest BCUT2D eigenvalue weighted by Crippen LogP contribution is -2.28. The first-order valence-corrected chi connectivity index (χ1v) is 8.47. The minimum atomic E-state index is -0.524. The molecule has 1 fully saturated rings. The van der Waals surface area contributed by atoms with Gasteiger partial charge in [-0.15, -0.1) is 0 Å². The second kappa shape index (κ2) is 7.82. The smallest absolute Gasteiger partial charge is 0.257 e. The van der Waals surface area contributed by atoms with E-state index in [0.29, 0.717) is 48.3 Å². The molecule has 2 N–H and O–H groups in total. The third kappa shape index (κ3) is 4.92. The maximum atomic E-state index is 12.2. The van der Waals surface area contributed by atoms with Gasteiger partial charge in [0.15, 0.2) is 5.79 Å². The van der Waals surface area contributed by atoms with Crippen molar-refractivity contribution in [3.05, 3.63) is 53.2 Å². The number of pyridine rings is 1. The van der Waals surface area contributed by atoms with E-state index in [1.807, 2.05) is 6.92 Å². The van der Waals surface area contributed by atoms with Gasteiger partial charge in [-0.2, -0.15) is 0 Å². The number of hydrogen-bond donors (Lipinski definition) is 2. The molecule has 2 aromatic rings.